The normalized spacial score (nSPS) is 15.6. The highest BCUT2D eigenvalue weighted by molar-refractivity contribution is 6.29. The smallest absolute Gasteiger partial charge is 0.365 e. The molecule has 0 N–H and O–H groups in total. The van der Waals surface area contributed by atoms with Crippen LogP contribution in [0.2, 0.25) is 5.15 Å². The summed E-state index contributed by atoms with van der Waals surface area (Å²) in [5.74, 6) is 0.496. The van der Waals surface area contributed by atoms with Crippen molar-refractivity contribution in [3.63, 3.8) is 0 Å². The van der Waals surface area contributed by atoms with Gasteiger partial charge >= 0.3 is 6.18 Å². The van der Waals surface area contributed by atoms with Gasteiger partial charge in [0, 0.05) is 24.7 Å². The van der Waals surface area contributed by atoms with Crippen molar-refractivity contribution in [2.75, 3.05) is 18.0 Å². The molecule has 3 aromatic heterocycles. The monoisotopic (exact) mass is 470 g/mol. The Morgan fingerprint density at radius 3 is 2.69 bits per heavy atom. The zero-order valence-corrected chi connectivity index (χ0v) is 17.8. The van der Waals surface area contributed by atoms with Crippen LogP contribution in [0.15, 0.2) is 33.7 Å². The molecule has 0 aliphatic carbocycles. The molecule has 0 unspecified atom stereocenters. The fraction of sp³-hybridized carbons (Fsp3) is 0.421. The quantitative estimate of drug-likeness (QED) is 0.542. The third-order valence-electron chi connectivity index (χ3n) is 5.09. The van der Waals surface area contributed by atoms with Gasteiger partial charge in [0.25, 0.3) is 5.56 Å². The van der Waals surface area contributed by atoms with E-state index in [0.717, 1.165) is 6.92 Å². The van der Waals surface area contributed by atoms with E-state index in [1.807, 2.05) is 0 Å². The molecule has 1 saturated heterocycles. The average molecular weight is 471 g/mol. The highest BCUT2D eigenvalue weighted by Crippen LogP contribution is 2.28. The standard InChI is InChI=1S/C19H18ClF3N6O3/c1-10-14(18(27-32-10)15-3-4-16(20)26-25-15)9-29-17(30)5-12(6-24-29)28-7-13(8-28)31-11(2)19(21,22)23/h3-6,11,13H,7-9H2,1-2H3/t11-/m1/s1. The van der Waals surface area contributed by atoms with Crippen LogP contribution >= 0.6 is 11.6 Å². The number of ether oxygens (including phenoxy) is 1. The molecule has 0 radical (unpaired) electrons. The molecule has 0 saturated carbocycles. The first-order valence-electron chi connectivity index (χ1n) is 9.61. The van der Waals surface area contributed by atoms with Gasteiger partial charge in [0.15, 0.2) is 11.3 Å². The molecular weight excluding hydrogens is 453 g/mol. The van der Waals surface area contributed by atoms with Crippen molar-refractivity contribution in [3.05, 3.63) is 51.2 Å². The lowest BCUT2D eigenvalue weighted by molar-refractivity contribution is -0.228. The van der Waals surface area contributed by atoms with Crippen LogP contribution in [0.5, 0.6) is 0 Å². The number of hydrogen-bond donors (Lipinski definition) is 0. The second-order valence-corrected chi connectivity index (χ2v) is 7.75. The molecule has 1 aliphatic heterocycles. The van der Waals surface area contributed by atoms with Gasteiger partial charge in [0.05, 0.1) is 24.5 Å². The number of aromatic nitrogens is 5. The summed E-state index contributed by atoms with van der Waals surface area (Å²) >= 11 is 5.77. The first kappa shape index (κ1) is 22.2. The first-order chi connectivity index (χ1) is 15.1. The van der Waals surface area contributed by atoms with Gasteiger partial charge in [-0.15, -0.1) is 10.2 Å². The number of halogens is 4. The zero-order chi connectivity index (χ0) is 23.0. The SMILES string of the molecule is Cc1onc(-c2ccc(Cl)nn2)c1Cn1ncc(N2CC(O[C@H](C)C(F)(F)F)C2)cc1=O. The molecule has 0 amide bonds. The Morgan fingerprint density at radius 2 is 2.06 bits per heavy atom. The minimum Gasteiger partial charge on any atom is -0.365 e. The van der Waals surface area contributed by atoms with E-state index in [4.69, 9.17) is 20.9 Å². The molecule has 13 heteroatoms. The molecule has 1 atom stereocenters. The van der Waals surface area contributed by atoms with E-state index in [2.05, 4.69) is 20.5 Å². The van der Waals surface area contributed by atoms with Gasteiger partial charge in [-0.25, -0.2) is 4.68 Å². The Morgan fingerprint density at radius 1 is 1.31 bits per heavy atom. The van der Waals surface area contributed by atoms with Gasteiger partial charge in [-0.2, -0.15) is 18.3 Å². The molecule has 32 heavy (non-hydrogen) atoms. The molecule has 1 aliphatic rings. The fourth-order valence-corrected chi connectivity index (χ4v) is 3.29. The van der Waals surface area contributed by atoms with Gasteiger partial charge in [-0.3, -0.25) is 4.79 Å². The number of nitrogens with zero attached hydrogens (tertiary/aromatic N) is 6. The summed E-state index contributed by atoms with van der Waals surface area (Å²) in [6, 6.07) is 4.58. The summed E-state index contributed by atoms with van der Waals surface area (Å²) in [5.41, 5.74) is 1.60. The summed E-state index contributed by atoms with van der Waals surface area (Å²) in [4.78, 5) is 14.3. The lowest BCUT2D eigenvalue weighted by Gasteiger charge is -2.41. The summed E-state index contributed by atoms with van der Waals surface area (Å²) in [5, 5.41) is 16.2. The van der Waals surface area contributed by atoms with E-state index in [-0.39, 0.29) is 30.3 Å². The molecule has 4 rings (SSSR count). The number of alkyl halides is 3. The van der Waals surface area contributed by atoms with Crippen LogP contribution in [-0.2, 0) is 11.3 Å². The lowest BCUT2D eigenvalue weighted by atomic mass is 10.1. The van der Waals surface area contributed by atoms with Crippen molar-refractivity contribution in [2.24, 2.45) is 0 Å². The van der Waals surface area contributed by atoms with Crippen LogP contribution in [-0.4, -0.2) is 56.6 Å². The molecule has 0 spiro atoms. The summed E-state index contributed by atoms with van der Waals surface area (Å²) in [6.07, 6.45) is -5.32. The Balaban J connectivity index is 1.45. The van der Waals surface area contributed by atoms with E-state index in [1.165, 1.54) is 16.9 Å². The Kier molecular flexibility index (Phi) is 5.91. The van der Waals surface area contributed by atoms with Crippen LogP contribution in [0.25, 0.3) is 11.4 Å². The Labute approximate surface area is 184 Å². The van der Waals surface area contributed by atoms with Gasteiger partial charge in [0.1, 0.15) is 17.1 Å². The van der Waals surface area contributed by atoms with Crippen LogP contribution in [0.1, 0.15) is 18.2 Å². The highest BCUT2D eigenvalue weighted by Gasteiger charge is 2.41. The largest absolute Gasteiger partial charge is 0.414 e. The minimum atomic E-state index is -4.40. The van der Waals surface area contributed by atoms with Gasteiger partial charge in [-0.05, 0) is 26.0 Å². The van der Waals surface area contributed by atoms with Crippen molar-refractivity contribution in [1.29, 1.82) is 0 Å². The predicted molar refractivity (Wildman–Crippen MR) is 107 cm³/mol. The minimum absolute atomic E-state index is 0.0862. The van der Waals surface area contributed by atoms with E-state index in [9.17, 15) is 18.0 Å². The topological polar surface area (TPSA) is 99.2 Å². The Bertz CT molecular complexity index is 1160. The van der Waals surface area contributed by atoms with E-state index >= 15 is 0 Å². The zero-order valence-electron chi connectivity index (χ0n) is 17.0. The average Bonchev–Trinajstić information content (AvgIpc) is 3.06. The number of aryl methyl sites for hydroxylation is 1. The number of anilines is 1. The van der Waals surface area contributed by atoms with Gasteiger partial charge in [-0.1, -0.05) is 16.8 Å². The molecule has 0 aromatic carbocycles. The third-order valence-corrected chi connectivity index (χ3v) is 5.29. The Hall–Kier alpha value is -2.99. The predicted octanol–water partition coefficient (Wildman–Crippen LogP) is 2.85. The van der Waals surface area contributed by atoms with Crippen LogP contribution in [0, 0.1) is 6.92 Å². The molecule has 1 fully saturated rings. The summed E-state index contributed by atoms with van der Waals surface area (Å²) in [6.45, 7) is 3.26. The molecular formula is C19H18ClF3N6O3. The first-order valence-corrected chi connectivity index (χ1v) is 9.98. The van der Waals surface area contributed by atoms with Crippen molar-refractivity contribution >= 4 is 17.3 Å². The van der Waals surface area contributed by atoms with Crippen molar-refractivity contribution in [2.45, 2.75) is 38.8 Å². The maximum absolute atomic E-state index is 12.6. The third kappa shape index (κ3) is 4.60. The molecule has 9 nitrogen and oxygen atoms in total. The maximum atomic E-state index is 12.6. The van der Waals surface area contributed by atoms with E-state index in [1.54, 1.807) is 24.0 Å². The maximum Gasteiger partial charge on any atom is 0.414 e. The lowest BCUT2D eigenvalue weighted by Crippen LogP contribution is -2.55. The van der Waals surface area contributed by atoms with E-state index in [0.29, 0.717) is 28.4 Å². The fourth-order valence-electron chi connectivity index (χ4n) is 3.19. The van der Waals surface area contributed by atoms with E-state index < -0.39 is 18.4 Å². The van der Waals surface area contributed by atoms with Crippen LogP contribution in [0.4, 0.5) is 18.9 Å². The molecule has 0 bridgehead atoms. The van der Waals surface area contributed by atoms with Crippen LogP contribution < -0.4 is 10.5 Å². The van der Waals surface area contributed by atoms with Crippen molar-refractivity contribution in [3.8, 4) is 11.4 Å². The van der Waals surface area contributed by atoms with Crippen molar-refractivity contribution < 1.29 is 22.4 Å². The van der Waals surface area contributed by atoms with Gasteiger partial charge in [0.2, 0.25) is 0 Å². The second-order valence-electron chi connectivity index (χ2n) is 7.36. The van der Waals surface area contributed by atoms with Gasteiger partial charge < -0.3 is 14.2 Å². The summed E-state index contributed by atoms with van der Waals surface area (Å²) < 4.78 is 49.3. The number of hydrogen-bond acceptors (Lipinski definition) is 8. The highest BCUT2D eigenvalue weighted by atomic mass is 35.5. The van der Waals surface area contributed by atoms with Crippen molar-refractivity contribution in [1.82, 2.24) is 25.1 Å². The molecule has 3 aromatic rings. The molecule has 170 valence electrons. The second kappa shape index (κ2) is 8.51. The van der Waals surface area contributed by atoms with Crippen LogP contribution in [0.3, 0.4) is 0 Å². The number of rotatable bonds is 6. The summed E-state index contributed by atoms with van der Waals surface area (Å²) in [7, 11) is 0. The molecule has 4 heterocycles.